The van der Waals surface area contributed by atoms with E-state index in [0.717, 1.165) is 17.2 Å². The number of fused-ring (bicyclic) bond motifs is 1. The third kappa shape index (κ3) is 5.35. The summed E-state index contributed by atoms with van der Waals surface area (Å²) in [6.45, 7) is 2.18. The average molecular weight is 433 g/mol. The van der Waals surface area contributed by atoms with Gasteiger partial charge in [-0.2, -0.15) is 8.42 Å². The first kappa shape index (κ1) is 21.8. The monoisotopic (exact) mass is 433 g/mol. The van der Waals surface area contributed by atoms with Gasteiger partial charge in [0.2, 0.25) is 0 Å². The summed E-state index contributed by atoms with van der Waals surface area (Å²) in [5, 5.41) is 25.3. The number of rotatable bonds is 9. The van der Waals surface area contributed by atoms with Crippen molar-refractivity contribution in [2.24, 2.45) is 0 Å². The number of H-pyrrole nitrogens is 1. The molecule has 3 rings (SSSR count). The van der Waals surface area contributed by atoms with Crippen molar-refractivity contribution in [2.45, 2.75) is 25.5 Å². The second-order valence-corrected chi connectivity index (χ2v) is 8.74. The van der Waals surface area contributed by atoms with Crippen molar-refractivity contribution in [1.82, 2.24) is 10.3 Å². The molecular weight excluding hydrogens is 410 g/mol. The lowest BCUT2D eigenvalue weighted by Crippen LogP contribution is -2.32. The van der Waals surface area contributed by atoms with Gasteiger partial charge in [0, 0.05) is 36.3 Å². The van der Waals surface area contributed by atoms with E-state index in [-0.39, 0.29) is 24.0 Å². The molecule has 0 unspecified atom stereocenters. The Balaban J connectivity index is 1.66. The number of benzene rings is 2. The largest absolute Gasteiger partial charge is 0.387 e. The van der Waals surface area contributed by atoms with Crippen molar-refractivity contribution in [2.75, 3.05) is 12.8 Å². The smallest absolute Gasteiger partial charge is 0.306 e. The van der Waals surface area contributed by atoms with Crippen LogP contribution in [0.2, 0.25) is 0 Å². The highest BCUT2D eigenvalue weighted by Gasteiger charge is 2.16. The Morgan fingerprint density at radius 2 is 2.00 bits per heavy atom. The number of aromatic nitrogens is 1. The predicted octanol–water partition coefficient (Wildman–Crippen LogP) is 2.67. The van der Waals surface area contributed by atoms with E-state index in [9.17, 15) is 23.6 Å². The Hall–Kier alpha value is -2.95. The molecule has 0 amide bonds. The lowest BCUT2D eigenvalue weighted by molar-refractivity contribution is -0.385. The van der Waals surface area contributed by atoms with Gasteiger partial charge in [-0.05, 0) is 30.5 Å². The van der Waals surface area contributed by atoms with Crippen molar-refractivity contribution in [3.63, 3.8) is 0 Å². The maximum absolute atomic E-state index is 11.4. The molecule has 0 spiro atoms. The number of nitrogens with one attached hydrogen (secondary N) is 2. The van der Waals surface area contributed by atoms with Gasteiger partial charge in [-0.15, -0.1) is 0 Å². The molecule has 9 nitrogen and oxygen atoms in total. The number of nitro groups is 1. The highest BCUT2D eigenvalue weighted by molar-refractivity contribution is 7.86. The molecule has 0 saturated carbocycles. The summed E-state index contributed by atoms with van der Waals surface area (Å²) < 4.78 is 27.9. The van der Waals surface area contributed by atoms with Crippen molar-refractivity contribution < 1.29 is 22.6 Å². The molecule has 0 bridgehead atoms. The Bertz CT molecular complexity index is 1160. The van der Waals surface area contributed by atoms with Crippen LogP contribution in [0.15, 0.2) is 48.7 Å². The second kappa shape index (κ2) is 8.82. The normalized spacial score (nSPS) is 13.8. The molecular formula is C20H23N3O6S. The Kier molecular flexibility index (Phi) is 6.40. The standard InChI is InChI=1S/C20H23N3O6S/c1-13(21-12-18(24)14-5-3-6-16(10-14)23(25)26)9-15-11-22-20-17(15)7-4-8-19(20)29-30(2,27)28/h3-8,10-11,13,18,21-22,24H,9,12H2,1-2H3/t13-,18+/m1/s1. The SMILES string of the molecule is C[C@H](Cc1c[nH]c2c(OS(C)(=O)=O)cccc12)NC[C@H](O)c1cccc([N+](=O)[O-])c1. The fourth-order valence-corrected chi connectivity index (χ4v) is 3.73. The highest BCUT2D eigenvalue weighted by atomic mass is 32.2. The minimum atomic E-state index is -3.64. The summed E-state index contributed by atoms with van der Waals surface area (Å²) >= 11 is 0. The number of non-ortho nitro benzene ring substituents is 1. The molecule has 2 atom stereocenters. The van der Waals surface area contributed by atoms with Crippen LogP contribution < -0.4 is 9.50 Å². The minimum absolute atomic E-state index is 0.0168. The van der Waals surface area contributed by atoms with E-state index in [1.807, 2.05) is 13.0 Å². The van der Waals surface area contributed by atoms with Gasteiger partial charge in [-0.3, -0.25) is 10.1 Å². The molecule has 0 radical (unpaired) electrons. The topological polar surface area (TPSA) is 135 Å². The van der Waals surface area contributed by atoms with Crippen LogP contribution in [0.3, 0.4) is 0 Å². The van der Waals surface area contributed by atoms with Crippen LogP contribution in [0.5, 0.6) is 5.75 Å². The van der Waals surface area contributed by atoms with E-state index < -0.39 is 21.1 Å². The molecule has 10 heteroatoms. The third-order valence-electron chi connectivity index (χ3n) is 4.66. The van der Waals surface area contributed by atoms with Crippen molar-refractivity contribution in [3.8, 4) is 5.75 Å². The zero-order chi connectivity index (χ0) is 21.9. The summed E-state index contributed by atoms with van der Waals surface area (Å²) in [5.74, 6) is 0.239. The van der Waals surface area contributed by atoms with Gasteiger partial charge >= 0.3 is 10.1 Å². The van der Waals surface area contributed by atoms with Gasteiger partial charge in [0.1, 0.15) is 0 Å². The van der Waals surface area contributed by atoms with Gasteiger partial charge in [0.05, 0.1) is 22.8 Å². The van der Waals surface area contributed by atoms with Gasteiger partial charge in [0.15, 0.2) is 5.75 Å². The maximum atomic E-state index is 11.4. The molecule has 1 heterocycles. The van der Waals surface area contributed by atoms with E-state index in [1.165, 1.54) is 12.1 Å². The molecule has 160 valence electrons. The van der Waals surface area contributed by atoms with E-state index in [4.69, 9.17) is 4.18 Å². The predicted molar refractivity (Wildman–Crippen MR) is 113 cm³/mol. The average Bonchev–Trinajstić information content (AvgIpc) is 3.09. The number of nitrogens with zero attached hydrogens (tertiary/aromatic N) is 1. The zero-order valence-electron chi connectivity index (χ0n) is 16.5. The number of para-hydroxylation sites is 1. The van der Waals surface area contributed by atoms with Crippen LogP contribution in [0.4, 0.5) is 5.69 Å². The Labute approximate surface area is 174 Å². The molecule has 3 aromatic rings. The number of nitro benzene ring substituents is 1. The first-order valence-corrected chi connectivity index (χ1v) is 11.1. The van der Waals surface area contributed by atoms with E-state index in [0.29, 0.717) is 17.5 Å². The molecule has 30 heavy (non-hydrogen) atoms. The van der Waals surface area contributed by atoms with Crippen LogP contribution in [0.25, 0.3) is 10.9 Å². The first-order valence-electron chi connectivity index (χ1n) is 9.28. The molecule has 2 aromatic carbocycles. The number of hydrogen-bond donors (Lipinski definition) is 3. The highest BCUT2D eigenvalue weighted by Crippen LogP contribution is 2.29. The molecule has 3 N–H and O–H groups in total. The second-order valence-electron chi connectivity index (χ2n) is 7.16. The number of hydrogen-bond acceptors (Lipinski definition) is 7. The summed E-state index contributed by atoms with van der Waals surface area (Å²) in [5.41, 5.74) is 1.97. The van der Waals surface area contributed by atoms with Crippen LogP contribution in [0.1, 0.15) is 24.2 Å². The van der Waals surface area contributed by atoms with E-state index in [1.54, 1.807) is 30.5 Å². The fourth-order valence-electron chi connectivity index (χ4n) is 3.26. The number of aromatic amines is 1. The van der Waals surface area contributed by atoms with E-state index in [2.05, 4.69) is 10.3 Å². The Morgan fingerprint density at radius 1 is 1.27 bits per heavy atom. The van der Waals surface area contributed by atoms with Crippen molar-refractivity contribution in [1.29, 1.82) is 0 Å². The lowest BCUT2D eigenvalue weighted by Gasteiger charge is -2.17. The Morgan fingerprint density at radius 3 is 2.70 bits per heavy atom. The van der Waals surface area contributed by atoms with Gasteiger partial charge in [-0.25, -0.2) is 0 Å². The molecule has 0 aliphatic heterocycles. The van der Waals surface area contributed by atoms with Gasteiger partial charge in [-0.1, -0.05) is 24.3 Å². The zero-order valence-corrected chi connectivity index (χ0v) is 17.3. The molecule has 1 aromatic heterocycles. The van der Waals surface area contributed by atoms with E-state index >= 15 is 0 Å². The minimum Gasteiger partial charge on any atom is -0.387 e. The van der Waals surface area contributed by atoms with Crippen LogP contribution >= 0.6 is 0 Å². The van der Waals surface area contributed by atoms with Gasteiger partial charge in [0.25, 0.3) is 5.69 Å². The summed E-state index contributed by atoms with van der Waals surface area (Å²) in [6.07, 6.45) is 2.53. The van der Waals surface area contributed by atoms with Gasteiger partial charge < -0.3 is 19.6 Å². The quantitative estimate of drug-likeness (QED) is 0.268. The van der Waals surface area contributed by atoms with Crippen LogP contribution in [-0.2, 0) is 16.5 Å². The number of aliphatic hydroxyl groups excluding tert-OH is 1. The summed E-state index contributed by atoms with van der Waals surface area (Å²) in [7, 11) is -3.64. The van der Waals surface area contributed by atoms with Crippen LogP contribution in [0, 0.1) is 10.1 Å². The summed E-state index contributed by atoms with van der Waals surface area (Å²) in [6, 6.07) is 11.1. The lowest BCUT2D eigenvalue weighted by atomic mass is 10.0. The third-order valence-corrected chi connectivity index (χ3v) is 5.14. The maximum Gasteiger partial charge on any atom is 0.306 e. The van der Waals surface area contributed by atoms with Crippen molar-refractivity contribution >= 4 is 26.7 Å². The fraction of sp³-hybridized carbons (Fsp3) is 0.300. The van der Waals surface area contributed by atoms with Crippen LogP contribution in [-0.4, -0.2) is 42.3 Å². The summed E-state index contributed by atoms with van der Waals surface area (Å²) in [4.78, 5) is 13.5. The van der Waals surface area contributed by atoms with Crippen molar-refractivity contribution in [3.05, 3.63) is 69.9 Å². The molecule has 0 saturated heterocycles. The number of aliphatic hydroxyl groups is 1. The molecule has 0 aliphatic rings. The first-order chi connectivity index (χ1) is 14.1. The molecule has 0 aliphatic carbocycles. The molecule has 0 fully saturated rings.